The molecule has 0 bridgehead atoms. The molecule has 4 aromatic rings. The van der Waals surface area contributed by atoms with E-state index in [1.54, 1.807) is 48.3 Å². The number of fused-ring (bicyclic) bond motifs is 1. The number of rotatable bonds is 6. The summed E-state index contributed by atoms with van der Waals surface area (Å²) in [5, 5.41) is 30.3. The van der Waals surface area contributed by atoms with Crippen LogP contribution in [-0.4, -0.2) is 37.3 Å². The standard InChI is InChI=1S/C27H22F3N7O2/c1-3-32-23-9-17(19-6-15(11-31)4-5-18(19)25-35-33-14-36(25)2)10-24(34-23)37-12-21-20(26(37)39)7-16(13-38)8-22(21)27(28,29)30/h4-10,14,38H,3,12-13H2,1-2H3,(H,32,34). The number of nitrogens with one attached hydrogen (secondary N) is 1. The van der Waals surface area contributed by atoms with Crippen molar-refractivity contribution in [2.24, 2.45) is 7.05 Å². The van der Waals surface area contributed by atoms with E-state index in [2.05, 4.69) is 26.6 Å². The Bertz CT molecular complexity index is 1640. The normalized spacial score (nSPS) is 12.9. The molecule has 1 amide bonds. The van der Waals surface area contributed by atoms with E-state index >= 15 is 0 Å². The topological polar surface area (TPSA) is 120 Å². The van der Waals surface area contributed by atoms with Gasteiger partial charge in [0.1, 0.15) is 18.0 Å². The van der Waals surface area contributed by atoms with E-state index in [9.17, 15) is 28.3 Å². The summed E-state index contributed by atoms with van der Waals surface area (Å²) in [6.07, 6.45) is -3.17. The van der Waals surface area contributed by atoms with Crippen LogP contribution < -0.4 is 10.2 Å². The first-order valence-electron chi connectivity index (χ1n) is 11.9. The Kier molecular flexibility index (Phi) is 6.53. The van der Waals surface area contributed by atoms with Crippen molar-refractivity contribution >= 4 is 17.5 Å². The molecule has 198 valence electrons. The van der Waals surface area contributed by atoms with Crippen LogP contribution in [0.4, 0.5) is 24.8 Å². The van der Waals surface area contributed by atoms with Crippen molar-refractivity contribution in [3.63, 3.8) is 0 Å². The highest BCUT2D eigenvalue weighted by Gasteiger charge is 2.41. The van der Waals surface area contributed by atoms with Crippen molar-refractivity contribution in [2.45, 2.75) is 26.3 Å². The first kappa shape index (κ1) is 25.9. The van der Waals surface area contributed by atoms with Gasteiger partial charge in [-0.2, -0.15) is 18.4 Å². The molecule has 1 aliphatic heterocycles. The van der Waals surface area contributed by atoms with Crippen molar-refractivity contribution in [2.75, 3.05) is 16.8 Å². The molecule has 0 atom stereocenters. The minimum atomic E-state index is -4.71. The Balaban J connectivity index is 1.67. The highest BCUT2D eigenvalue weighted by Crippen LogP contribution is 2.41. The fourth-order valence-corrected chi connectivity index (χ4v) is 4.65. The maximum absolute atomic E-state index is 13.9. The summed E-state index contributed by atoms with van der Waals surface area (Å²) in [4.78, 5) is 19.1. The molecular formula is C27H22F3N7O2. The number of halogens is 3. The van der Waals surface area contributed by atoms with Crippen LogP contribution in [0.2, 0.25) is 0 Å². The van der Waals surface area contributed by atoms with Crippen molar-refractivity contribution in [1.82, 2.24) is 19.7 Å². The van der Waals surface area contributed by atoms with Gasteiger partial charge in [0.2, 0.25) is 0 Å². The molecule has 2 N–H and O–H groups in total. The highest BCUT2D eigenvalue weighted by atomic mass is 19.4. The predicted octanol–water partition coefficient (Wildman–Crippen LogP) is 4.52. The number of hydrogen-bond acceptors (Lipinski definition) is 7. The number of benzene rings is 2. The largest absolute Gasteiger partial charge is 0.416 e. The van der Waals surface area contributed by atoms with Crippen LogP contribution >= 0.6 is 0 Å². The average Bonchev–Trinajstić information content (AvgIpc) is 3.49. The molecule has 12 heteroatoms. The Morgan fingerprint density at radius 3 is 2.56 bits per heavy atom. The SMILES string of the molecule is CCNc1cc(-c2cc(C#N)ccc2-c2nncn2C)cc(N2Cc3c(cc(CO)cc3C(F)(F)F)C2=O)n1. The summed E-state index contributed by atoms with van der Waals surface area (Å²) >= 11 is 0. The first-order valence-corrected chi connectivity index (χ1v) is 11.9. The van der Waals surface area contributed by atoms with Gasteiger partial charge >= 0.3 is 6.18 Å². The summed E-state index contributed by atoms with van der Waals surface area (Å²) in [7, 11) is 1.78. The van der Waals surface area contributed by atoms with Crippen molar-refractivity contribution in [3.8, 4) is 28.6 Å². The fraction of sp³-hybridized carbons (Fsp3) is 0.222. The number of nitrogens with zero attached hydrogens (tertiary/aromatic N) is 6. The number of aliphatic hydroxyl groups excluding tert-OH is 1. The van der Waals surface area contributed by atoms with Gasteiger partial charge in [-0.15, -0.1) is 10.2 Å². The van der Waals surface area contributed by atoms with E-state index in [-0.39, 0.29) is 29.1 Å². The molecule has 0 saturated carbocycles. The first-order chi connectivity index (χ1) is 18.6. The number of nitriles is 1. The molecule has 1 aliphatic rings. The van der Waals surface area contributed by atoms with Crippen LogP contribution in [0.1, 0.15) is 39.5 Å². The Labute approximate surface area is 221 Å². The number of carbonyl (C=O) groups is 1. The van der Waals surface area contributed by atoms with E-state index in [4.69, 9.17) is 0 Å². The number of anilines is 2. The van der Waals surface area contributed by atoms with Crippen LogP contribution in [0.3, 0.4) is 0 Å². The number of aromatic nitrogens is 4. The van der Waals surface area contributed by atoms with Crippen LogP contribution in [0.15, 0.2) is 48.8 Å². The summed E-state index contributed by atoms with van der Waals surface area (Å²) in [6, 6.07) is 12.7. The van der Waals surface area contributed by atoms with Crippen LogP contribution in [0.25, 0.3) is 22.5 Å². The lowest BCUT2D eigenvalue weighted by atomic mass is 9.97. The summed E-state index contributed by atoms with van der Waals surface area (Å²) in [5.41, 5.74) is 0.956. The summed E-state index contributed by atoms with van der Waals surface area (Å²) < 4.78 is 43.3. The van der Waals surface area contributed by atoms with Crippen molar-refractivity contribution in [1.29, 1.82) is 5.26 Å². The lowest BCUT2D eigenvalue weighted by Gasteiger charge is -2.19. The van der Waals surface area contributed by atoms with Crippen molar-refractivity contribution in [3.05, 3.63) is 76.6 Å². The molecule has 0 spiro atoms. The molecule has 0 radical (unpaired) electrons. The lowest BCUT2D eigenvalue weighted by Crippen LogP contribution is -2.24. The third-order valence-corrected chi connectivity index (χ3v) is 6.45. The van der Waals surface area contributed by atoms with Gasteiger partial charge in [-0.3, -0.25) is 9.69 Å². The molecule has 2 aromatic heterocycles. The maximum atomic E-state index is 13.9. The van der Waals surface area contributed by atoms with Gasteiger partial charge < -0.3 is 15.0 Å². The van der Waals surface area contributed by atoms with Gasteiger partial charge in [0.05, 0.1) is 30.3 Å². The molecule has 0 aliphatic carbocycles. The van der Waals surface area contributed by atoms with Gasteiger partial charge in [-0.05, 0) is 71.6 Å². The maximum Gasteiger partial charge on any atom is 0.416 e. The number of hydrogen-bond donors (Lipinski definition) is 2. The smallest absolute Gasteiger partial charge is 0.392 e. The molecule has 3 heterocycles. The van der Waals surface area contributed by atoms with Gasteiger partial charge in [0.15, 0.2) is 5.82 Å². The van der Waals surface area contributed by atoms with Gasteiger partial charge in [-0.1, -0.05) is 0 Å². The van der Waals surface area contributed by atoms with E-state index in [0.717, 1.165) is 6.07 Å². The molecule has 2 aromatic carbocycles. The third-order valence-electron chi connectivity index (χ3n) is 6.45. The minimum Gasteiger partial charge on any atom is -0.392 e. The molecule has 39 heavy (non-hydrogen) atoms. The summed E-state index contributed by atoms with van der Waals surface area (Å²) in [6.45, 7) is 1.38. The number of carbonyl (C=O) groups excluding carboxylic acids is 1. The predicted molar refractivity (Wildman–Crippen MR) is 136 cm³/mol. The monoisotopic (exact) mass is 533 g/mol. The molecule has 0 unspecified atom stereocenters. The number of aryl methyl sites for hydroxylation is 1. The molecule has 0 fully saturated rings. The van der Waals surface area contributed by atoms with E-state index < -0.39 is 24.3 Å². The number of amides is 1. The second kappa shape index (κ2) is 9.85. The van der Waals surface area contributed by atoms with E-state index in [1.165, 1.54) is 11.0 Å². The number of pyridine rings is 1. The second-order valence-electron chi connectivity index (χ2n) is 8.98. The van der Waals surface area contributed by atoms with Crippen LogP contribution in [0, 0.1) is 11.3 Å². The van der Waals surface area contributed by atoms with Crippen molar-refractivity contribution < 1.29 is 23.1 Å². The van der Waals surface area contributed by atoms with Gasteiger partial charge in [0.25, 0.3) is 5.91 Å². The molecule has 0 saturated heterocycles. The Hall–Kier alpha value is -4.76. The third kappa shape index (κ3) is 4.68. The zero-order valence-corrected chi connectivity index (χ0v) is 20.9. The van der Waals surface area contributed by atoms with Crippen LogP contribution in [-0.2, 0) is 26.4 Å². The average molecular weight is 534 g/mol. The molecule has 9 nitrogen and oxygen atoms in total. The van der Waals surface area contributed by atoms with Gasteiger partial charge in [0, 0.05) is 24.7 Å². The van der Waals surface area contributed by atoms with E-state index in [0.29, 0.717) is 40.4 Å². The highest BCUT2D eigenvalue weighted by molar-refractivity contribution is 6.10. The van der Waals surface area contributed by atoms with Gasteiger partial charge in [-0.25, -0.2) is 4.98 Å². The summed E-state index contributed by atoms with van der Waals surface area (Å²) in [5.74, 6) is 0.410. The zero-order valence-electron chi connectivity index (χ0n) is 20.9. The second-order valence-corrected chi connectivity index (χ2v) is 8.98. The Morgan fingerprint density at radius 1 is 1.13 bits per heavy atom. The fourth-order valence-electron chi connectivity index (χ4n) is 4.65. The quantitative estimate of drug-likeness (QED) is 0.374. The van der Waals surface area contributed by atoms with Crippen LogP contribution in [0.5, 0.6) is 0 Å². The Morgan fingerprint density at radius 2 is 1.92 bits per heavy atom. The lowest BCUT2D eigenvalue weighted by molar-refractivity contribution is -0.138. The number of aliphatic hydroxyl groups is 1. The number of alkyl halides is 3. The minimum absolute atomic E-state index is 0.00652. The zero-order chi connectivity index (χ0) is 27.9. The van der Waals surface area contributed by atoms with E-state index in [1.807, 2.05) is 6.92 Å². The molecule has 5 rings (SSSR count). The molecular weight excluding hydrogens is 511 g/mol.